The molecule has 0 heterocycles. The standard InChI is InChI=1S/C12H14Cl2INO/c1-7(2)10(14)6-16-12(17)9-5-8(13)3-4-11(9)15/h3-5,7,10H,6H2,1-2H3,(H,16,17). The molecule has 0 radical (unpaired) electrons. The van der Waals surface area contributed by atoms with Crippen LogP contribution in [0.3, 0.4) is 0 Å². The molecule has 0 saturated heterocycles. The number of hydrogen-bond acceptors (Lipinski definition) is 1. The summed E-state index contributed by atoms with van der Waals surface area (Å²) in [5, 5.41) is 3.31. The fourth-order valence-corrected chi connectivity index (χ4v) is 2.02. The lowest BCUT2D eigenvalue weighted by Crippen LogP contribution is -2.32. The first-order chi connectivity index (χ1) is 7.91. The molecule has 1 aromatic rings. The molecule has 1 aromatic carbocycles. The Morgan fingerprint density at radius 3 is 2.71 bits per heavy atom. The quantitative estimate of drug-likeness (QED) is 0.617. The summed E-state index contributed by atoms with van der Waals surface area (Å²) in [5.74, 6) is 0.193. The predicted octanol–water partition coefficient (Wildman–Crippen LogP) is 3.94. The van der Waals surface area contributed by atoms with Gasteiger partial charge in [0.1, 0.15) is 0 Å². The van der Waals surface area contributed by atoms with Crippen molar-refractivity contribution in [1.82, 2.24) is 5.32 Å². The van der Waals surface area contributed by atoms with Gasteiger partial charge in [0.15, 0.2) is 0 Å². The number of amides is 1. The van der Waals surface area contributed by atoms with Crippen LogP contribution in [0, 0.1) is 9.49 Å². The summed E-state index contributed by atoms with van der Waals surface area (Å²) < 4.78 is 0.875. The van der Waals surface area contributed by atoms with Crippen LogP contribution in [0.25, 0.3) is 0 Å². The van der Waals surface area contributed by atoms with Gasteiger partial charge in [-0.15, -0.1) is 11.6 Å². The Labute approximate surface area is 125 Å². The van der Waals surface area contributed by atoms with Crippen molar-refractivity contribution in [1.29, 1.82) is 0 Å². The van der Waals surface area contributed by atoms with Crippen LogP contribution in [0.2, 0.25) is 5.02 Å². The Bertz CT molecular complexity index is 409. The minimum atomic E-state index is -0.136. The van der Waals surface area contributed by atoms with Crippen molar-refractivity contribution in [2.24, 2.45) is 5.92 Å². The van der Waals surface area contributed by atoms with Crippen molar-refractivity contribution in [3.05, 3.63) is 32.4 Å². The van der Waals surface area contributed by atoms with Crippen LogP contribution in [0.4, 0.5) is 0 Å². The molecule has 1 atom stereocenters. The van der Waals surface area contributed by atoms with Crippen LogP contribution in [-0.2, 0) is 0 Å². The van der Waals surface area contributed by atoms with Gasteiger partial charge in [0.05, 0.1) is 10.9 Å². The van der Waals surface area contributed by atoms with Crippen LogP contribution in [0.1, 0.15) is 24.2 Å². The molecular formula is C12H14Cl2INO. The fraction of sp³-hybridized carbons (Fsp3) is 0.417. The molecule has 0 aromatic heterocycles. The average molecular weight is 386 g/mol. The van der Waals surface area contributed by atoms with Gasteiger partial charge in [0.2, 0.25) is 0 Å². The second kappa shape index (κ2) is 6.81. The van der Waals surface area contributed by atoms with Crippen LogP contribution in [-0.4, -0.2) is 17.8 Å². The molecule has 0 fully saturated rings. The van der Waals surface area contributed by atoms with Crippen molar-refractivity contribution >= 4 is 51.7 Å². The Kier molecular flexibility index (Phi) is 6.03. The molecule has 0 saturated carbocycles. The van der Waals surface area contributed by atoms with E-state index < -0.39 is 0 Å². The Balaban J connectivity index is 2.67. The Morgan fingerprint density at radius 2 is 2.12 bits per heavy atom. The van der Waals surface area contributed by atoms with Gasteiger partial charge in [0.25, 0.3) is 5.91 Å². The molecule has 1 N–H and O–H groups in total. The molecule has 0 bridgehead atoms. The maximum atomic E-state index is 11.9. The lowest BCUT2D eigenvalue weighted by atomic mass is 10.1. The highest BCUT2D eigenvalue weighted by Crippen LogP contribution is 2.18. The highest BCUT2D eigenvalue weighted by Gasteiger charge is 2.14. The van der Waals surface area contributed by atoms with Crippen molar-refractivity contribution in [2.45, 2.75) is 19.2 Å². The summed E-state index contributed by atoms with van der Waals surface area (Å²) in [4.78, 5) is 11.9. The lowest BCUT2D eigenvalue weighted by molar-refractivity contribution is 0.0951. The molecule has 94 valence electrons. The highest BCUT2D eigenvalue weighted by atomic mass is 127. The van der Waals surface area contributed by atoms with Crippen LogP contribution < -0.4 is 5.32 Å². The first kappa shape index (κ1) is 15.1. The zero-order valence-electron chi connectivity index (χ0n) is 9.64. The van der Waals surface area contributed by atoms with Crippen LogP contribution in [0.15, 0.2) is 18.2 Å². The summed E-state index contributed by atoms with van der Waals surface area (Å²) in [6.07, 6.45) is 0. The smallest absolute Gasteiger partial charge is 0.252 e. The van der Waals surface area contributed by atoms with E-state index in [0.717, 1.165) is 3.57 Å². The van der Waals surface area contributed by atoms with E-state index in [1.165, 1.54) is 0 Å². The normalized spacial score (nSPS) is 12.6. The molecule has 0 aliphatic heterocycles. The second-order valence-corrected chi connectivity index (χ2v) is 6.25. The molecule has 1 amide bonds. The third-order valence-electron chi connectivity index (χ3n) is 2.35. The zero-order chi connectivity index (χ0) is 13.0. The van der Waals surface area contributed by atoms with Crippen molar-refractivity contribution in [3.63, 3.8) is 0 Å². The number of carbonyl (C=O) groups excluding carboxylic acids is 1. The minimum Gasteiger partial charge on any atom is -0.351 e. The lowest BCUT2D eigenvalue weighted by Gasteiger charge is -2.14. The van der Waals surface area contributed by atoms with E-state index in [-0.39, 0.29) is 11.3 Å². The van der Waals surface area contributed by atoms with Gasteiger partial charge in [-0.25, -0.2) is 0 Å². The summed E-state index contributed by atoms with van der Waals surface area (Å²) >= 11 is 14.1. The monoisotopic (exact) mass is 385 g/mol. The van der Waals surface area contributed by atoms with E-state index in [4.69, 9.17) is 23.2 Å². The number of halogens is 3. The van der Waals surface area contributed by atoms with E-state index in [1.807, 2.05) is 19.9 Å². The first-order valence-corrected chi connectivity index (χ1v) is 7.18. The van der Waals surface area contributed by atoms with E-state index in [1.54, 1.807) is 12.1 Å². The summed E-state index contributed by atoms with van der Waals surface area (Å²) in [6, 6.07) is 5.24. The number of benzene rings is 1. The third-order valence-corrected chi connectivity index (χ3v) is 4.19. The largest absolute Gasteiger partial charge is 0.351 e. The van der Waals surface area contributed by atoms with Gasteiger partial charge in [0, 0.05) is 15.1 Å². The molecule has 17 heavy (non-hydrogen) atoms. The van der Waals surface area contributed by atoms with Crippen LogP contribution in [0.5, 0.6) is 0 Å². The first-order valence-electron chi connectivity index (χ1n) is 5.29. The predicted molar refractivity (Wildman–Crippen MR) is 81.0 cm³/mol. The van der Waals surface area contributed by atoms with Gasteiger partial charge in [-0.2, -0.15) is 0 Å². The Morgan fingerprint density at radius 1 is 1.47 bits per heavy atom. The zero-order valence-corrected chi connectivity index (χ0v) is 13.3. The molecule has 5 heteroatoms. The van der Waals surface area contributed by atoms with Gasteiger partial charge < -0.3 is 5.32 Å². The van der Waals surface area contributed by atoms with Gasteiger partial charge in [-0.05, 0) is 46.7 Å². The number of rotatable bonds is 4. The topological polar surface area (TPSA) is 29.1 Å². The Hall–Kier alpha value is -0.000000000000000111. The molecule has 1 unspecified atom stereocenters. The maximum Gasteiger partial charge on any atom is 0.252 e. The van der Waals surface area contributed by atoms with Crippen molar-refractivity contribution in [2.75, 3.05) is 6.54 Å². The van der Waals surface area contributed by atoms with E-state index >= 15 is 0 Å². The average Bonchev–Trinajstić information content (AvgIpc) is 2.28. The SMILES string of the molecule is CC(C)C(Cl)CNC(=O)c1cc(Cl)ccc1I. The molecule has 2 nitrogen and oxygen atoms in total. The van der Waals surface area contributed by atoms with E-state index in [0.29, 0.717) is 23.0 Å². The number of carbonyl (C=O) groups is 1. The second-order valence-electron chi connectivity index (χ2n) is 4.09. The minimum absolute atomic E-state index is 0.0594. The van der Waals surface area contributed by atoms with Crippen molar-refractivity contribution in [3.8, 4) is 0 Å². The molecule has 0 aliphatic carbocycles. The number of alkyl halides is 1. The van der Waals surface area contributed by atoms with E-state index in [2.05, 4.69) is 27.9 Å². The van der Waals surface area contributed by atoms with Gasteiger partial charge >= 0.3 is 0 Å². The molecule has 1 rings (SSSR count). The van der Waals surface area contributed by atoms with Crippen LogP contribution >= 0.6 is 45.8 Å². The molecular weight excluding hydrogens is 372 g/mol. The highest BCUT2D eigenvalue weighted by molar-refractivity contribution is 14.1. The number of nitrogens with one attached hydrogen (secondary N) is 1. The summed E-state index contributed by atoms with van der Waals surface area (Å²) in [7, 11) is 0. The fourth-order valence-electron chi connectivity index (χ4n) is 1.19. The van der Waals surface area contributed by atoms with Crippen molar-refractivity contribution < 1.29 is 4.79 Å². The molecule has 0 aliphatic rings. The van der Waals surface area contributed by atoms with Gasteiger partial charge in [-0.3, -0.25) is 4.79 Å². The third kappa shape index (κ3) is 4.64. The summed E-state index contributed by atoms with van der Waals surface area (Å²) in [5.41, 5.74) is 0.589. The number of hydrogen-bond donors (Lipinski definition) is 1. The van der Waals surface area contributed by atoms with Gasteiger partial charge in [-0.1, -0.05) is 25.4 Å². The summed E-state index contributed by atoms with van der Waals surface area (Å²) in [6.45, 7) is 4.50. The maximum absolute atomic E-state index is 11.9. The molecule has 0 spiro atoms. The van der Waals surface area contributed by atoms with E-state index in [9.17, 15) is 4.79 Å².